The molecule has 0 heterocycles. The zero-order chi connectivity index (χ0) is 36.8. The molecule has 0 saturated heterocycles. The summed E-state index contributed by atoms with van der Waals surface area (Å²) in [5.41, 5.74) is 0. The standard InChI is InChI=1S/C44H79NO5/c1-4-7-10-13-16-19-20-21-22-25-26-29-32-35-40(50-44(49)37-34-31-28-24-18-15-12-9-6-3)38-43(48)45-41(39-46)42(47)36-33-30-27-23-17-14-11-8-5-2/h7,10,13,16,19-22,40-42,46-47H,4-6,8-9,11-12,14-15,17-18,23-39H2,1-3H3,(H,45,48)/b10-7+,16-13+,20-19+,22-21-. The molecule has 3 atom stereocenters. The Hall–Kier alpha value is -2.18. The second-order valence-corrected chi connectivity index (χ2v) is 14.1. The molecule has 0 rings (SSSR count). The average molecular weight is 702 g/mol. The van der Waals surface area contributed by atoms with Crippen molar-refractivity contribution in [3.63, 3.8) is 0 Å². The fraction of sp³-hybridized carbons (Fsp3) is 0.773. The number of amides is 1. The van der Waals surface area contributed by atoms with Gasteiger partial charge in [0.15, 0.2) is 0 Å². The fourth-order valence-corrected chi connectivity index (χ4v) is 6.09. The van der Waals surface area contributed by atoms with Gasteiger partial charge in [0.2, 0.25) is 5.91 Å². The molecule has 3 N–H and O–H groups in total. The van der Waals surface area contributed by atoms with Crippen molar-refractivity contribution in [2.75, 3.05) is 6.61 Å². The molecule has 1 amide bonds. The number of ether oxygens (including phenoxy) is 1. The number of aliphatic hydroxyl groups excluding tert-OH is 2. The number of hydrogen-bond acceptors (Lipinski definition) is 5. The quantitative estimate of drug-likeness (QED) is 0.0343. The minimum atomic E-state index is -0.794. The number of hydrogen-bond donors (Lipinski definition) is 3. The lowest BCUT2D eigenvalue weighted by molar-refractivity contribution is -0.151. The van der Waals surface area contributed by atoms with Crippen LogP contribution in [0.25, 0.3) is 0 Å². The largest absolute Gasteiger partial charge is 0.462 e. The summed E-state index contributed by atoms with van der Waals surface area (Å²) in [6, 6.07) is -0.709. The summed E-state index contributed by atoms with van der Waals surface area (Å²) in [4.78, 5) is 25.8. The van der Waals surface area contributed by atoms with Gasteiger partial charge in [0.25, 0.3) is 0 Å². The van der Waals surface area contributed by atoms with Crippen molar-refractivity contribution >= 4 is 11.9 Å². The Labute approximate surface area is 308 Å². The summed E-state index contributed by atoms with van der Waals surface area (Å²) in [7, 11) is 0. The van der Waals surface area contributed by atoms with Crippen molar-refractivity contribution in [3.05, 3.63) is 48.6 Å². The van der Waals surface area contributed by atoms with Crippen LogP contribution in [0, 0.1) is 0 Å². The molecule has 3 unspecified atom stereocenters. The number of esters is 1. The van der Waals surface area contributed by atoms with Crippen LogP contribution in [-0.2, 0) is 14.3 Å². The van der Waals surface area contributed by atoms with Gasteiger partial charge in [-0.05, 0) is 44.9 Å². The number of carbonyl (C=O) groups is 2. The Balaban J connectivity index is 4.71. The van der Waals surface area contributed by atoms with E-state index < -0.39 is 18.2 Å². The van der Waals surface area contributed by atoms with Crippen LogP contribution in [0.2, 0.25) is 0 Å². The molecule has 0 aromatic rings. The van der Waals surface area contributed by atoms with Crippen molar-refractivity contribution in [1.29, 1.82) is 0 Å². The van der Waals surface area contributed by atoms with E-state index in [2.05, 4.69) is 44.3 Å². The molecule has 0 bridgehead atoms. The van der Waals surface area contributed by atoms with Crippen LogP contribution in [0.5, 0.6) is 0 Å². The highest BCUT2D eigenvalue weighted by Gasteiger charge is 2.24. The number of nitrogens with one attached hydrogen (secondary N) is 1. The fourth-order valence-electron chi connectivity index (χ4n) is 6.09. The first kappa shape index (κ1) is 47.8. The summed E-state index contributed by atoms with van der Waals surface area (Å²) in [6.45, 7) is 6.27. The van der Waals surface area contributed by atoms with E-state index in [1.54, 1.807) is 0 Å². The summed E-state index contributed by atoms with van der Waals surface area (Å²) >= 11 is 0. The molecule has 0 spiro atoms. The Morgan fingerprint density at radius 1 is 0.600 bits per heavy atom. The topological polar surface area (TPSA) is 95.9 Å². The second-order valence-electron chi connectivity index (χ2n) is 14.1. The van der Waals surface area contributed by atoms with E-state index in [4.69, 9.17) is 4.74 Å². The smallest absolute Gasteiger partial charge is 0.306 e. The zero-order valence-corrected chi connectivity index (χ0v) is 32.8. The van der Waals surface area contributed by atoms with Crippen molar-refractivity contribution in [2.45, 2.75) is 212 Å². The minimum absolute atomic E-state index is 0.0520. The number of aliphatic hydroxyl groups is 2. The lowest BCUT2D eigenvalue weighted by Crippen LogP contribution is -2.46. The molecule has 0 saturated carbocycles. The van der Waals surface area contributed by atoms with Gasteiger partial charge in [0.05, 0.1) is 25.2 Å². The lowest BCUT2D eigenvalue weighted by atomic mass is 10.0. The van der Waals surface area contributed by atoms with E-state index in [-0.39, 0.29) is 24.9 Å². The molecule has 0 aliphatic heterocycles. The molecule has 0 radical (unpaired) electrons. The van der Waals surface area contributed by atoms with E-state index in [1.165, 1.54) is 77.0 Å². The van der Waals surface area contributed by atoms with Gasteiger partial charge in [-0.2, -0.15) is 0 Å². The second kappa shape index (κ2) is 38.1. The van der Waals surface area contributed by atoms with Gasteiger partial charge in [0.1, 0.15) is 6.10 Å². The first-order valence-electron chi connectivity index (χ1n) is 20.9. The van der Waals surface area contributed by atoms with E-state index in [0.29, 0.717) is 19.3 Å². The Morgan fingerprint density at radius 2 is 1.08 bits per heavy atom. The summed E-state index contributed by atoms with van der Waals surface area (Å²) in [5.74, 6) is -0.520. The lowest BCUT2D eigenvalue weighted by Gasteiger charge is -2.24. The third-order valence-corrected chi connectivity index (χ3v) is 9.27. The third-order valence-electron chi connectivity index (χ3n) is 9.27. The summed E-state index contributed by atoms with van der Waals surface area (Å²) < 4.78 is 5.85. The molecule has 50 heavy (non-hydrogen) atoms. The molecule has 290 valence electrons. The van der Waals surface area contributed by atoms with Crippen LogP contribution in [-0.4, -0.2) is 46.9 Å². The monoisotopic (exact) mass is 702 g/mol. The van der Waals surface area contributed by atoms with E-state index in [0.717, 1.165) is 70.6 Å². The van der Waals surface area contributed by atoms with Crippen LogP contribution in [0.15, 0.2) is 48.6 Å². The summed E-state index contributed by atoms with van der Waals surface area (Å²) in [6.07, 6.45) is 43.2. The highest BCUT2D eigenvalue weighted by Crippen LogP contribution is 2.17. The van der Waals surface area contributed by atoms with Crippen LogP contribution in [0.3, 0.4) is 0 Å². The first-order valence-corrected chi connectivity index (χ1v) is 20.9. The highest BCUT2D eigenvalue weighted by molar-refractivity contribution is 5.77. The van der Waals surface area contributed by atoms with Crippen LogP contribution in [0.4, 0.5) is 0 Å². The SMILES string of the molecule is CC/C=C/C=C/C=C/C=C\CCCCCC(CC(=O)NC(CO)C(O)CCCCCCCCCCC)OC(=O)CCCCCCCCCCC. The van der Waals surface area contributed by atoms with E-state index in [1.807, 2.05) is 30.4 Å². The number of carbonyl (C=O) groups excluding carboxylic acids is 2. The third kappa shape index (κ3) is 33.0. The van der Waals surface area contributed by atoms with Crippen molar-refractivity contribution in [3.8, 4) is 0 Å². The van der Waals surface area contributed by atoms with Gasteiger partial charge in [-0.25, -0.2) is 0 Å². The maximum Gasteiger partial charge on any atom is 0.306 e. The predicted octanol–water partition coefficient (Wildman–Crippen LogP) is 11.6. The molecule has 0 fully saturated rings. The molecular weight excluding hydrogens is 622 g/mol. The Morgan fingerprint density at radius 3 is 1.64 bits per heavy atom. The molecule has 0 aliphatic rings. The maximum atomic E-state index is 13.0. The first-order chi connectivity index (χ1) is 24.5. The number of allylic oxidation sites excluding steroid dienone is 8. The Kier molecular flexibility index (Phi) is 36.4. The van der Waals surface area contributed by atoms with Crippen molar-refractivity contribution < 1.29 is 24.5 Å². The Bertz CT molecular complexity index is 880. The van der Waals surface area contributed by atoms with Crippen LogP contribution in [0.1, 0.15) is 194 Å². The summed E-state index contributed by atoms with van der Waals surface area (Å²) in [5, 5.41) is 23.5. The minimum Gasteiger partial charge on any atom is -0.462 e. The average Bonchev–Trinajstić information content (AvgIpc) is 3.10. The van der Waals surface area contributed by atoms with Gasteiger partial charge in [-0.1, -0.05) is 185 Å². The molecule has 6 nitrogen and oxygen atoms in total. The molecule has 0 aromatic heterocycles. The van der Waals surface area contributed by atoms with Crippen LogP contribution >= 0.6 is 0 Å². The van der Waals surface area contributed by atoms with Crippen molar-refractivity contribution in [2.24, 2.45) is 0 Å². The number of rotatable bonds is 36. The van der Waals surface area contributed by atoms with Gasteiger partial charge in [-0.15, -0.1) is 0 Å². The van der Waals surface area contributed by atoms with Gasteiger partial charge < -0.3 is 20.3 Å². The zero-order valence-electron chi connectivity index (χ0n) is 32.8. The van der Waals surface area contributed by atoms with Crippen LogP contribution < -0.4 is 5.32 Å². The molecule has 0 aliphatic carbocycles. The predicted molar refractivity (Wildman–Crippen MR) is 213 cm³/mol. The maximum absolute atomic E-state index is 13.0. The van der Waals surface area contributed by atoms with Gasteiger partial charge in [-0.3, -0.25) is 9.59 Å². The highest BCUT2D eigenvalue weighted by atomic mass is 16.5. The number of unbranched alkanes of at least 4 members (excludes halogenated alkanes) is 19. The van der Waals surface area contributed by atoms with E-state index in [9.17, 15) is 19.8 Å². The molecule has 6 heteroatoms. The normalized spacial score (nSPS) is 13.9. The molecular formula is C44H79NO5. The van der Waals surface area contributed by atoms with Gasteiger partial charge in [0, 0.05) is 6.42 Å². The van der Waals surface area contributed by atoms with Gasteiger partial charge >= 0.3 is 5.97 Å². The molecule has 0 aromatic carbocycles. The van der Waals surface area contributed by atoms with Crippen molar-refractivity contribution in [1.82, 2.24) is 5.32 Å². The van der Waals surface area contributed by atoms with E-state index >= 15 is 0 Å².